The van der Waals surface area contributed by atoms with Gasteiger partial charge in [-0.2, -0.15) is 5.06 Å². The number of hydrogen-bond donors (Lipinski definition) is 1. The Bertz CT molecular complexity index is 681. The summed E-state index contributed by atoms with van der Waals surface area (Å²) in [6.07, 6.45) is -0.265. The van der Waals surface area contributed by atoms with E-state index < -0.39 is 23.7 Å². The largest absolute Gasteiger partial charge is 0.376 e. The van der Waals surface area contributed by atoms with Gasteiger partial charge in [-0.15, -0.1) is 0 Å². The first kappa shape index (κ1) is 16.0. The molecule has 2 atom stereocenters. The topological polar surface area (TPSA) is 32.7 Å². The number of nitrogens with zero attached hydrogens (tertiary/aromatic N) is 1. The lowest BCUT2D eigenvalue weighted by atomic mass is 9.95. The van der Waals surface area contributed by atoms with Crippen molar-refractivity contribution in [2.24, 2.45) is 0 Å². The molecule has 0 radical (unpaired) electrons. The summed E-state index contributed by atoms with van der Waals surface area (Å²) in [4.78, 5) is 5.55. The Kier molecular flexibility index (Phi) is 4.66. The molecular formula is C17H16F3NO2. The Labute approximate surface area is 131 Å². The molecule has 0 aromatic heterocycles. The molecule has 2 aromatic rings. The van der Waals surface area contributed by atoms with Crippen LogP contribution in [0, 0.1) is 17.5 Å². The molecule has 1 aliphatic heterocycles. The number of aliphatic hydroxyl groups excluding tert-OH is 1. The molecule has 122 valence electrons. The number of halogens is 3. The standard InChI is InChI=1S/C17H16F3NO2/c18-14-9-16(20)15(19)7-12(14)6-13-8-17(22)21(13)23-10-11-4-2-1-3-5-11/h1-5,7,9,13,17,22H,6,8,10H2/t13-,17+/m1/s1. The van der Waals surface area contributed by atoms with E-state index in [0.29, 0.717) is 12.5 Å². The van der Waals surface area contributed by atoms with Crippen LogP contribution in [-0.2, 0) is 17.9 Å². The Balaban J connectivity index is 1.63. The first-order chi connectivity index (χ1) is 11.0. The van der Waals surface area contributed by atoms with Crippen LogP contribution in [0.5, 0.6) is 0 Å². The highest BCUT2D eigenvalue weighted by atomic mass is 19.2. The third-order valence-electron chi connectivity index (χ3n) is 3.90. The van der Waals surface area contributed by atoms with Gasteiger partial charge in [0, 0.05) is 18.5 Å². The lowest BCUT2D eigenvalue weighted by Gasteiger charge is -2.44. The average molecular weight is 323 g/mol. The van der Waals surface area contributed by atoms with Gasteiger partial charge in [0.15, 0.2) is 11.6 Å². The maximum absolute atomic E-state index is 13.7. The van der Waals surface area contributed by atoms with Gasteiger partial charge < -0.3 is 5.11 Å². The van der Waals surface area contributed by atoms with Crippen molar-refractivity contribution in [2.45, 2.75) is 31.7 Å². The second kappa shape index (κ2) is 6.70. The van der Waals surface area contributed by atoms with Crippen LogP contribution < -0.4 is 0 Å². The molecule has 1 aliphatic rings. The molecule has 0 unspecified atom stereocenters. The Morgan fingerprint density at radius 2 is 1.74 bits per heavy atom. The van der Waals surface area contributed by atoms with E-state index in [-0.39, 0.29) is 24.6 Å². The average Bonchev–Trinajstić information content (AvgIpc) is 2.53. The fourth-order valence-electron chi connectivity index (χ4n) is 2.62. The molecule has 3 rings (SSSR count). The zero-order valence-corrected chi connectivity index (χ0v) is 12.3. The van der Waals surface area contributed by atoms with Gasteiger partial charge in [0.2, 0.25) is 0 Å². The van der Waals surface area contributed by atoms with Gasteiger partial charge in [0.25, 0.3) is 0 Å². The van der Waals surface area contributed by atoms with Gasteiger partial charge in [-0.3, -0.25) is 4.84 Å². The summed E-state index contributed by atoms with van der Waals surface area (Å²) in [5.41, 5.74) is 0.999. The van der Waals surface area contributed by atoms with Crippen molar-refractivity contribution in [1.82, 2.24) is 5.06 Å². The molecule has 1 saturated heterocycles. The van der Waals surface area contributed by atoms with Gasteiger partial charge in [-0.1, -0.05) is 30.3 Å². The quantitative estimate of drug-likeness (QED) is 0.858. The van der Waals surface area contributed by atoms with Crippen LogP contribution >= 0.6 is 0 Å². The van der Waals surface area contributed by atoms with E-state index in [9.17, 15) is 18.3 Å². The van der Waals surface area contributed by atoms with Crippen molar-refractivity contribution >= 4 is 0 Å². The smallest absolute Gasteiger partial charge is 0.161 e. The molecule has 2 aromatic carbocycles. The van der Waals surface area contributed by atoms with E-state index in [4.69, 9.17) is 4.84 Å². The highest BCUT2D eigenvalue weighted by molar-refractivity contribution is 5.21. The molecule has 0 amide bonds. The van der Waals surface area contributed by atoms with Crippen LogP contribution in [0.15, 0.2) is 42.5 Å². The molecule has 0 aliphatic carbocycles. The van der Waals surface area contributed by atoms with E-state index in [2.05, 4.69) is 0 Å². The van der Waals surface area contributed by atoms with Crippen LogP contribution in [0.25, 0.3) is 0 Å². The number of hydrogen-bond acceptors (Lipinski definition) is 3. The van der Waals surface area contributed by atoms with Crippen molar-refractivity contribution in [3.8, 4) is 0 Å². The Morgan fingerprint density at radius 3 is 2.43 bits per heavy atom. The summed E-state index contributed by atoms with van der Waals surface area (Å²) in [7, 11) is 0. The Morgan fingerprint density at radius 1 is 1.04 bits per heavy atom. The molecule has 1 N–H and O–H groups in total. The normalized spacial score (nSPS) is 21.2. The van der Waals surface area contributed by atoms with Crippen LogP contribution in [0.4, 0.5) is 13.2 Å². The highest BCUT2D eigenvalue weighted by Gasteiger charge is 2.38. The van der Waals surface area contributed by atoms with E-state index in [1.54, 1.807) is 0 Å². The highest BCUT2D eigenvalue weighted by Crippen LogP contribution is 2.29. The van der Waals surface area contributed by atoms with Crippen molar-refractivity contribution in [3.63, 3.8) is 0 Å². The molecule has 1 fully saturated rings. The number of rotatable bonds is 5. The van der Waals surface area contributed by atoms with E-state index in [0.717, 1.165) is 11.6 Å². The predicted molar refractivity (Wildman–Crippen MR) is 77.5 cm³/mol. The zero-order valence-electron chi connectivity index (χ0n) is 12.3. The van der Waals surface area contributed by atoms with Gasteiger partial charge in [0.1, 0.15) is 12.0 Å². The number of aliphatic hydroxyl groups is 1. The zero-order chi connectivity index (χ0) is 16.4. The maximum atomic E-state index is 13.7. The molecule has 3 nitrogen and oxygen atoms in total. The first-order valence-electron chi connectivity index (χ1n) is 7.31. The lowest BCUT2D eigenvalue weighted by molar-refractivity contribution is -0.325. The van der Waals surface area contributed by atoms with Crippen molar-refractivity contribution in [3.05, 3.63) is 71.0 Å². The fourth-order valence-corrected chi connectivity index (χ4v) is 2.62. The molecule has 0 bridgehead atoms. The SMILES string of the molecule is O[C@H]1C[C@@H](Cc2cc(F)c(F)cc2F)N1OCc1ccccc1. The van der Waals surface area contributed by atoms with Crippen molar-refractivity contribution < 1.29 is 23.1 Å². The number of benzene rings is 2. The van der Waals surface area contributed by atoms with Gasteiger partial charge >= 0.3 is 0 Å². The fraction of sp³-hybridized carbons (Fsp3) is 0.294. The summed E-state index contributed by atoms with van der Waals surface area (Å²) in [6.45, 7) is 0.272. The second-order valence-electron chi connectivity index (χ2n) is 5.55. The minimum absolute atomic E-state index is 0.0640. The van der Waals surface area contributed by atoms with Gasteiger partial charge in [0.05, 0.1) is 6.61 Å². The molecule has 0 saturated carbocycles. The first-order valence-corrected chi connectivity index (χ1v) is 7.31. The molecule has 23 heavy (non-hydrogen) atoms. The number of hydroxylamine groups is 2. The second-order valence-corrected chi connectivity index (χ2v) is 5.55. The van der Waals surface area contributed by atoms with Crippen LogP contribution in [0.1, 0.15) is 17.5 Å². The monoisotopic (exact) mass is 323 g/mol. The van der Waals surface area contributed by atoms with E-state index in [1.807, 2.05) is 30.3 Å². The van der Waals surface area contributed by atoms with Crippen molar-refractivity contribution in [2.75, 3.05) is 0 Å². The maximum Gasteiger partial charge on any atom is 0.161 e. The molecule has 0 spiro atoms. The summed E-state index contributed by atoms with van der Waals surface area (Å²) in [6, 6.07) is 10.5. The minimum atomic E-state index is -1.21. The molecule has 6 heteroatoms. The lowest BCUT2D eigenvalue weighted by Crippen LogP contribution is -2.56. The summed E-state index contributed by atoms with van der Waals surface area (Å²) in [5, 5.41) is 11.1. The summed E-state index contributed by atoms with van der Waals surface area (Å²) < 4.78 is 39.9. The van der Waals surface area contributed by atoms with Crippen LogP contribution in [0.2, 0.25) is 0 Å². The van der Waals surface area contributed by atoms with E-state index >= 15 is 0 Å². The third kappa shape index (κ3) is 3.55. The van der Waals surface area contributed by atoms with Gasteiger partial charge in [-0.05, 0) is 23.6 Å². The van der Waals surface area contributed by atoms with Crippen LogP contribution in [0.3, 0.4) is 0 Å². The summed E-state index contributed by atoms with van der Waals surface area (Å²) in [5.74, 6) is -3.09. The molecular weight excluding hydrogens is 307 g/mol. The summed E-state index contributed by atoms with van der Waals surface area (Å²) >= 11 is 0. The minimum Gasteiger partial charge on any atom is -0.376 e. The Hall–Kier alpha value is -1.89. The third-order valence-corrected chi connectivity index (χ3v) is 3.90. The van der Waals surface area contributed by atoms with Crippen LogP contribution in [-0.4, -0.2) is 22.4 Å². The van der Waals surface area contributed by atoms with Crippen molar-refractivity contribution in [1.29, 1.82) is 0 Å². The predicted octanol–water partition coefficient (Wildman–Crippen LogP) is 3.17. The molecule has 1 heterocycles. The van der Waals surface area contributed by atoms with E-state index in [1.165, 1.54) is 5.06 Å². The van der Waals surface area contributed by atoms with Gasteiger partial charge in [-0.25, -0.2) is 13.2 Å².